The van der Waals surface area contributed by atoms with Gasteiger partial charge in [0.25, 0.3) is 0 Å². The fourth-order valence-electron chi connectivity index (χ4n) is 3.75. The maximum atomic E-state index is 12.7. The van der Waals surface area contributed by atoms with Crippen LogP contribution in [0.5, 0.6) is 0 Å². The molecule has 1 aromatic carbocycles. The van der Waals surface area contributed by atoms with Gasteiger partial charge in [-0.1, -0.05) is 25.5 Å². The number of carbonyl (C=O) groups excluding carboxylic acids is 1. The zero-order valence-corrected chi connectivity index (χ0v) is 15.7. The number of para-hydroxylation sites is 2. The van der Waals surface area contributed by atoms with Crippen molar-refractivity contribution in [2.24, 2.45) is 13.0 Å². The lowest BCUT2D eigenvalue weighted by molar-refractivity contribution is -0.136. The molecule has 0 saturated carbocycles. The van der Waals surface area contributed by atoms with Crippen LogP contribution in [0.1, 0.15) is 38.4 Å². The summed E-state index contributed by atoms with van der Waals surface area (Å²) in [5.74, 6) is 1.52. The van der Waals surface area contributed by atoms with E-state index in [1.807, 2.05) is 18.0 Å². The fraction of sp³-hybridized carbons (Fsp3) is 0.600. The average Bonchev–Trinajstić information content (AvgIpc) is 2.95. The number of carbonyl (C=O) groups is 1. The molecule has 0 N–H and O–H groups in total. The Balaban J connectivity index is 1.65. The highest BCUT2D eigenvalue weighted by atomic mass is 16.2. The van der Waals surface area contributed by atoms with E-state index in [0.29, 0.717) is 5.91 Å². The number of aromatic nitrogens is 2. The molecule has 1 amide bonds. The summed E-state index contributed by atoms with van der Waals surface area (Å²) in [6.07, 6.45) is 4.30. The largest absolute Gasteiger partial charge is 0.345 e. The first-order valence-corrected chi connectivity index (χ1v) is 9.47. The second-order valence-electron chi connectivity index (χ2n) is 7.26. The summed E-state index contributed by atoms with van der Waals surface area (Å²) in [5, 5.41) is 0. The molecule has 0 aliphatic carbocycles. The summed E-state index contributed by atoms with van der Waals surface area (Å²) < 4.78 is 2.17. The molecule has 5 heteroatoms. The van der Waals surface area contributed by atoms with Crippen molar-refractivity contribution in [1.82, 2.24) is 19.4 Å². The Hall–Kier alpha value is -1.88. The molecule has 1 aliphatic rings. The zero-order valence-electron chi connectivity index (χ0n) is 15.7. The van der Waals surface area contributed by atoms with E-state index in [1.54, 1.807) is 0 Å². The maximum Gasteiger partial charge on any atom is 0.226 e. The highest BCUT2D eigenvalue weighted by Crippen LogP contribution is 2.22. The molecule has 1 saturated heterocycles. The van der Waals surface area contributed by atoms with Crippen molar-refractivity contribution in [1.29, 1.82) is 0 Å². The molecular formula is C20H30N4O. The summed E-state index contributed by atoms with van der Waals surface area (Å²) in [4.78, 5) is 21.8. The predicted molar refractivity (Wildman–Crippen MR) is 101 cm³/mol. The molecule has 2 heterocycles. The number of likely N-dealkylation sites (tertiary alicyclic amines) is 1. The molecule has 136 valence electrons. The molecule has 1 atom stereocenters. The molecule has 25 heavy (non-hydrogen) atoms. The normalized spacial score (nSPS) is 18.6. The predicted octanol–water partition coefficient (Wildman–Crippen LogP) is 3.04. The minimum atomic E-state index is 0.130. The smallest absolute Gasteiger partial charge is 0.226 e. The first-order chi connectivity index (χ1) is 12.1. The number of benzene rings is 1. The van der Waals surface area contributed by atoms with Gasteiger partial charge in [-0.3, -0.25) is 9.69 Å². The van der Waals surface area contributed by atoms with Crippen LogP contribution < -0.4 is 0 Å². The van der Waals surface area contributed by atoms with Crippen molar-refractivity contribution >= 4 is 16.9 Å². The number of hydrogen-bond donors (Lipinski definition) is 0. The Morgan fingerprint density at radius 2 is 2.16 bits per heavy atom. The lowest BCUT2D eigenvalue weighted by Crippen LogP contribution is -2.43. The van der Waals surface area contributed by atoms with Crippen molar-refractivity contribution in [2.75, 3.05) is 26.7 Å². The number of imidazole rings is 1. The van der Waals surface area contributed by atoms with Gasteiger partial charge in [-0.15, -0.1) is 0 Å². The lowest BCUT2D eigenvalue weighted by Gasteiger charge is -2.33. The average molecular weight is 342 g/mol. The van der Waals surface area contributed by atoms with Gasteiger partial charge in [0, 0.05) is 27.2 Å². The number of rotatable bonds is 6. The van der Waals surface area contributed by atoms with Crippen LogP contribution in [0.15, 0.2) is 24.3 Å². The SMILES string of the molecule is CCCCN(C)C(=O)[C@H]1CCCN(Cc2nc3ccccc3n2C)C1. The Labute approximate surface area is 150 Å². The minimum absolute atomic E-state index is 0.130. The highest BCUT2D eigenvalue weighted by Gasteiger charge is 2.28. The molecule has 1 fully saturated rings. The van der Waals surface area contributed by atoms with E-state index in [9.17, 15) is 4.79 Å². The van der Waals surface area contributed by atoms with E-state index in [-0.39, 0.29) is 5.92 Å². The van der Waals surface area contributed by atoms with E-state index in [0.717, 1.165) is 63.2 Å². The Morgan fingerprint density at radius 1 is 1.36 bits per heavy atom. The maximum absolute atomic E-state index is 12.7. The molecule has 1 aromatic heterocycles. The van der Waals surface area contributed by atoms with Gasteiger partial charge in [0.2, 0.25) is 5.91 Å². The quantitative estimate of drug-likeness (QED) is 0.810. The Bertz CT molecular complexity index is 724. The summed E-state index contributed by atoms with van der Waals surface area (Å²) in [5.41, 5.74) is 2.21. The van der Waals surface area contributed by atoms with Gasteiger partial charge in [-0.25, -0.2) is 4.98 Å². The van der Waals surface area contributed by atoms with Crippen molar-refractivity contribution in [3.05, 3.63) is 30.1 Å². The van der Waals surface area contributed by atoms with E-state index < -0.39 is 0 Å². The molecule has 0 bridgehead atoms. The summed E-state index contributed by atoms with van der Waals surface area (Å²) in [6.45, 7) is 5.74. The van der Waals surface area contributed by atoms with Crippen LogP contribution in [0.3, 0.4) is 0 Å². The van der Waals surface area contributed by atoms with Gasteiger partial charge < -0.3 is 9.47 Å². The molecule has 0 spiro atoms. The number of nitrogens with zero attached hydrogens (tertiary/aromatic N) is 4. The zero-order chi connectivity index (χ0) is 17.8. The molecule has 0 radical (unpaired) electrons. The third kappa shape index (κ3) is 4.03. The van der Waals surface area contributed by atoms with Crippen LogP contribution >= 0.6 is 0 Å². The summed E-state index contributed by atoms with van der Waals surface area (Å²) >= 11 is 0. The summed E-state index contributed by atoms with van der Waals surface area (Å²) in [7, 11) is 4.03. The van der Waals surface area contributed by atoms with Gasteiger partial charge in [0.05, 0.1) is 23.5 Å². The van der Waals surface area contributed by atoms with E-state index in [1.165, 1.54) is 5.52 Å². The first kappa shape index (κ1) is 17.9. The van der Waals surface area contributed by atoms with Gasteiger partial charge in [-0.2, -0.15) is 0 Å². The topological polar surface area (TPSA) is 41.4 Å². The fourth-order valence-corrected chi connectivity index (χ4v) is 3.75. The van der Waals surface area contributed by atoms with Crippen molar-refractivity contribution in [3.63, 3.8) is 0 Å². The van der Waals surface area contributed by atoms with E-state index in [4.69, 9.17) is 4.98 Å². The minimum Gasteiger partial charge on any atom is -0.345 e. The van der Waals surface area contributed by atoms with Gasteiger partial charge in [0.15, 0.2) is 0 Å². The number of piperidine rings is 1. The Kier molecular flexibility index (Phi) is 5.74. The molecular weight excluding hydrogens is 312 g/mol. The van der Waals surface area contributed by atoms with Gasteiger partial charge in [-0.05, 0) is 37.9 Å². The standard InChI is InChI=1S/C20H30N4O/c1-4-5-12-22(2)20(25)16-9-8-13-24(14-16)15-19-21-17-10-6-7-11-18(17)23(19)3/h6-7,10-11,16H,4-5,8-9,12-15H2,1-3H3/t16-/m0/s1. The number of unbranched alkanes of at least 4 members (excludes halogenated alkanes) is 1. The van der Waals surface area contributed by atoms with Crippen LogP contribution in [-0.2, 0) is 18.4 Å². The van der Waals surface area contributed by atoms with Crippen LogP contribution in [0.25, 0.3) is 11.0 Å². The molecule has 2 aromatic rings. The van der Waals surface area contributed by atoms with Crippen LogP contribution in [0.2, 0.25) is 0 Å². The van der Waals surface area contributed by atoms with Crippen molar-refractivity contribution in [3.8, 4) is 0 Å². The van der Waals surface area contributed by atoms with Crippen LogP contribution in [-0.4, -0.2) is 51.9 Å². The van der Waals surface area contributed by atoms with Gasteiger partial charge >= 0.3 is 0 Å². The second-order valence-corrected chi connectivity index (χ2v) is 7.26. The van der Waals surface area contributed by atoms with Crippen LogP contribution in [0.4, 0.5) is 0 Å². The van der Waals surface area contributed by atoms with Crippen LogP contribution in [0, 0.1) is 5.92 Å². The monoisotopic (exact) mass is 342 g/mol. The Morgan fingerprint density at radius 3 is 2.92 bits per heavy atom. The third-order valence-corrected chi connectivity index (χ3v) is 5.32. The first-order valence-electron chi connectivity index (χ1n) is 9.47. The molecule has 3 rings (SSSR count). The van der Waals surface area contributed by atoms with E-state index in [2.05, 4.69) is 41.6 Å². The highest BCUT2D eigenvalue weighted by molar-refractivity contribution is 5.79. The number of amides is 1. The third-order valence-electron chi connectivity index (χ3n) is 5.32. The lowest BCUT2D eigenvalue weighted by atomic mass is 9.96. The number of hydrogen-bond acceptors (Lipinski definition) is 3. The number of aryl methyl sites for hydroxylation is 1. The molecule has 1 aliphatic heterocycles. The second kappa shape index (κ2) is 8.00. The van der Waals surface area contributed by atoms with E-state index >= 15 is 0 Å². The molecule has 5 nitrogen and oxygen atoms in total. The molecule has 0 unspecified atom stereocenters. The number of fused-ring (bicyclic) bond motifs is 1. The van der Waals surface area contributed by atoms with Crippen molar-refractivity contribution < 1.29 is 4.79 Å². The summed E-state index contributed by atoms with van der Waals surface area (Å²) in [6, 6.07) is 8.25. The van der Waals surface area contributed by atoms with Gasteiger partial charge in [0.1, 0.15) is 5.82 Å². The van der Waals surface area contributed by atoms with Crippen molar-refractivity contribution in [2.45, 2.75) is 39.2 Å².